The van der Waals surface area contributed by atoms with Crippen LogP contribution in [0.3, 0.4) is 0 Å². The van der Waals surface area contributed by atoms with E-state index in [0.717, 1.165) is 0 Å². The van der Waals surface area contributed by atoms with Crippen molar-refractivity contribution in [1.82, 2.24) is 9.96 Å². The van der Waals surface area contributed by atoms with E-state index < -0.39 is 28.7 Å². The molecule has 0 aromatic carbocycles. The molecule has 0 aliphatic heterocycles. The predicted molar refractivity (Wildman–Crippen MR) is 75.7 cm³/mol. The van der Waals surface area contributed by atoms with Crippen molar-refractivity contribution in [3.8, 4) is 0 Å². The smallest absolute Gasteiger partial charge is 0.399 e. The van der Waals surface area contributed by atoms with Crippen molar-refractivity contribution in [2.24, 2.45) is 0 Å². The number of carbonyl (C=O) groups excluding carboxylic acids is 2. The summed E-state index contributed by atoms with van der Waals surface area (Å²) in [6.07, 6.45) is -0.910. The van der Waals surface area contributed by atoms with Crippen molar-refractivity contribution < 1.29 is 19.1 Å². The Morgan fingerprint density at radius 2 is 1.06 bits per heavy atom. The van der Waals surface area contributed by atoms with Gasteiger partial charge in [-0.2, -0.15) is 0 Å². The lowest BCUT2D eigenvalue weighted by molar-refractivity contribution is 0.101. The summed E-state index contributed by atoms with van der Waals surface area (Å²) < 4.78 is 9.78. The number of nitrogens with one attached hydrogen (secondary N) is 2. The van der Waals surface area contributed by atoms with Crippen molar-refractivity contribution >= 4 is 28.7 Å². The zero-order valence-corrected chi connectivity index (χ0v) is 14.0. The second-order valence-corrected chi connectivity index (χ2v) is 15.5. The fourth-order valence-corrected chi connectivity index (χ4v) is 2.32. The van der Waals surface area contributed by atoms with E-state index in [4.69, 9.17) is 9.47 Å². The van der Waals surface area contributed by atoms with Crippen molar-refractivity contribution in [3.63, 3.8) is 0 Å². The van der Waals surface area contributed by atoms with Gasteiger partial charge < -0.3 is 19.4 Å². The van der Waals surface area contributed by atoms with Crippen LogP contribution >= 0.6 is 0 Å². The normalized spacial score (nSPS) is 11.7. The minimum absolute atomic E-state index is 0.0649. The third-order valence-electron chi connectivity index (χ3n) is 1.50. The maximum absolute atomic E-state index is 11.3. The maximum Gasteiger partial charge on any atom is 0.399 e. The molecule has 8 heteroatoms. The van der Waals surface area contributed by atoms with Gasteiger partial charge in [0.1, 0.15) is 13.2 Å². The van der Waals surface area contributed by atoms with E-state index in [-0.39, 0.29) is 13.2 Å². The van der Waals surface area contributed by atoms with Crippen LogP contribution in [0.5, 0.6) is 0 Å². The Morgan fingerprint density at radius 1 is 0.778 bits per heavy atom. The Kier molecular flexibility index (Phi) is 6.40. The highest BCUT2D eigenvalue weighted by Gasteiger charge is 2.19. The van der Waals surface area contributed by atoms with Crippen LogP contribution in [0.4, 0.5) is 9.59 Å². The van der Waals surface area contributed by atoms with E-state index in [1.165, 1.54) is 0 Å². The number of amides is 2. The highest BCUT2D eigenvalue weighted by molar-refractivity contribution is 6.76. The predicted octanol–water partition coefficient (Wildman–Crippen LogP) is 2.11. The molecule has 6 nitrogen and oxygen atoms in total. The van der Waals surface area contributed by atoms with Crippen molar-refractivity contribution in [2.45, 2.75) is 39.3 Å². The first-order valence-electron chi connectivity index (χ1n) is 5.89. The Hall–Kier alpha value is -1.03. The lowest BCUT2D eigenvalue weighted by atomic mass is 10.8. The Labute approximate surface area is 111 Å². The summed E-state index contributed by atoms with van der Waals surface area (Å²) in [7, 11) is -3.35. The molecule has 0 fully saturated rings. The van der Waals surface area contributed by atoms with Gasteiger partial charge >= 0.3 is 12.2 Å². The zero-order chi connectivity index (χ0) is 14.4. The minimum atomic E-state index is -1.67. The van der Waals surface area contributed by atoms with Crippen LogP contribution in [0.15, 0.2) is 0 Å². The van der Waals surface area contributed by atoms with Gasteiger partial charge in [0.15, 0.2) is 16.5 Å². The Balaban J connectivity index is 3.69. The number of ether oxygens (including phenoxy) is 2. The number of carbonyl (C=O) groups is 2. The molecule has 0 aliphatic rings. The summed E-state index contributed by atoms with van der Waals surface area (Å²) in [5.41, 5.74) is 0. The second kappa shape index (κ2) is 6.79. The zero-order valence-electron chi connectivity index (χ0n) is 12.0. The number of rotatable bonds is 5. The van der Waals surface area contributed by atoms with Gasteiger partial charge in [0, 0.05) is 0 Å². The molecule has 106 valence electrons. The molecule has 0 rings (SSSR count). The summed E-state index contributed by atoms with van der Waals surface area (Å²) in [5.74, 6) is 0. The highest BCUT2D eigenvalue weighted by atomic mass is 28.3. The molecule has 0 aliphatic carbocycles. The third-order valence-corrected chi connectivity index (χ3v) is 3.41. The van der Waals surface area contributed by atoms with Crippen LogP contribution < -0.4 is 9.96 Å². The molecule has 2 amide bonds. The first-order valence-corrected chi connectivity index (χ1v) is 12.9. The van der Waals surface area contributed by atoms with Gasteiger partial charge in [-0.1, -0.05) is 39.3 Å². The fraction of sp³-hybridized carbons (Fsp3) is 0.800. The summed E-state index contributed by atoms with van der Waals surface area (Å²) in [6, 6.07) is 0. The molecule has 2 N–H and O–H groups in total. The van der Waals surface area contributed by atoms with Crippen molar-refractivity contribution in [3.05, 3.63) is 0 Å². The average molecular weight is 292 g/mol. The summed E-state index contributed by atoms with van der Waals surface area (Å²) >= 11 is 0. The fourth-order valence-electron chi connectivity index (χ4n) is 0.953. The Morgan fingerprint density at radius 3 is 1.28 bits per heavy atom. The molecule has 0 saturated carbocycles. The van der Waals surface area contributed by atoms with E-state index in [1.807, 2.05) is 39.3 Å². The lowest BCUT2D eigenvalue weighted by Crippen LogP contribution is -2.46. The molecule has 0 heterocycles. The summed E-state index contributed by atoms with van der Waals surface area (Å²) in [5, 5.41) is 0. The lowest BCUT2D eigenvalue weighted by Gasteiger charge is -2.18. The molecule has 0 aromatic heterocycles. The molecule has 0 saturated heterocycles. The highest BCUT2D eigenvalue weighted by Crippen LogP contribution is 1.96. The van der Waals surface area contributed by atoms with Crippen LogP contribution in [0.25, 0.3) is 0 Å². The van der Waals surface area contributed by atoms with Gasteiger partial charge in [-0.3, -0.25) is 0 Å². The van der Waals surface area contributed by atoms with E-state index in [2.05, 4.69) is 9.96 Å². The molecule has 0 spiro atoms. The molecule has 0 unspecified atom stereocenters. The molecular weight excluding hydrogens is 268 g/mol. The molecular formula is C10H24N2O4Si2. The first-order chi connectivity index (χ1) is 7.99. The molecule has 18 heavy (non-hydrogen) atoms. The molecule has 0 radical (unpaired) electrons. The summed E-state index contributed by atoms with van der Waals surface area (Å²) in [4.78, 5) is 28.1. The van der Waals surface area contributed by atoms with Crippen molar-refractivity contribution in [2.75, 3.05) is 13.2 Å². The number of hydrogen-bond acceptors (Lipinski definition) is 4. The van der Waals surface area contributed by atoms with Crippen molar-refractivity contribution in [1.29, 1.82) is 0 Å². The topological polar surface area (TPSA) is 76.7 Å². The minimum Gasteiger partial charge on any atom is -0.446 e. The molecule has 0 aromatic rings. The maximum atomic E-state index is 11.3. The van der Waals surface area contributed by atoms with Gasteiger partial charge in [-0.15, -0.1) is 0 Å². The standard InChI is InChI=1S/C10H24N2O4Si2/c1-17(2,3)11-9(13)15-7-8-16-10(14)12-18(4,5)6/h7-8H2,1-6H3,(H,11,13)(H,12,14). The van der Waals surface area contributed by atoms with Gasteiger partial charge in [-0.25, -0.2) is 9.59 Å². The van der Waals surface area contributed by atoms with Crippen LogP contribution in [0.2, 0.25) is 39.3 Å². The first kappa shape index (κ1) is 17.0. The van der Waals surface area contributed by atoms with Gasteiger partial charge in [0.2, 0.25) is 0 Å². The van der Waals surface area contributed by atoms with E-state index >= 15 is 0 Å². The van der Waals surface area contributed by atoms with Gasteiger partial charge in [0.25, 0.3) is 0 Å². The third kappa shape index (κ3) is 11.5. The van der Waals surface area contributed by atoms with Crippen LogP contribution in [-0.4, -0.2) is 41.9 Å². The summed E-state index contributed by atoms with van der Waals surface area (Å²) in [6.45, 7) is 12.1. The monoisotopic (exact) mass is 292 g/mol. The molecule has 0 bridgehead atoms. The average Bonchev–Trinajstić information content (AvgIpc) is 2.06. The SMILES string of the molecule is C[Si](C)(C)NC(=O)OCCOC(=O)N[Si](C)(C)C. The quantitative estimate of drug-likeness (QED) is 0.601. The van der Waals surface area contributed by atoms with Crippen LogP contribution in [-0.2, 0) is 9.47 Å². The van der Waals surface area contributed by atoms with E-state index in [9.17, 15) is 9.59 Å². The van der Waals surface area contributed by atoms with Gasteiger partial charge in [-0.05, 0) is 0 Å². The van der Waals surface area contributed by atoms with Crippen LogP contribution in [0, 0.1) is 0 Å². The van der Waals surface area contributed by atoms with E-state index in [0.29, 0.717) is 0 Å². The Bertz CT molecular complexity index is 267. The largest absolute Gasteiger partial charge is 0.446 e. The van der Waals surface area contributed by atoms with Crippen LogP contribution in [0.1, 0.15) is 0 Å². The van der Waals surface area contributed by atoms with E-state index in [1.54, 1.807) is 0 Å². The second-order valence-electron chi connectivity index (χ2n) is 6.02. The number of hydrogen-bond donors (Lipinski definition) is 2. The van der Waals surface area contributed by atoms with Gasteiger partial charge in [0.05, 0.1) is 0 Å². The molecule has 0 atom stereocenters.